The molecule has 0 saturated carbocycles. The summed E-state index contributed by atoms with van der Waals surface area (Å²) in [5.74, 6) is -1.52. The third kappa shape index (κ3) is 5.43. The number of hydrogen-bond acceptors (Lipinski definition) is 4. The SMILES string of the molecule is CC(C)(CC/C(N)=N/OC(=O)c1ccc(Cl)cc1)C(=O)O. The largest absolute Gasteiger partial charge is 0.481 e. The highest BCUT2D eigenvalue weighted by atomic mass is 35.5. The lowest BCUT2D eigenvalue weighted by atomic mass is 9.88. The lowest BCUT2D eigenvalue weighted by Crippen LogP contribution is -2.26. The maximum absolute atomic E-state index is 11.6. The molecule has 1 aromatic rings. The summed E-state index contributed by atoms with van der Waals surface area (Å²) >= 11 is 5.71. The molecule has 114 valence electrons. The normalized spacial score (nSPS) is 12.0. The number of carbonyl (C=O) groups excluding carboxylic acids is 1. The number of aliphatic carboxylic acids is 1. The summed E-state index contributed by atoms with van der Waals surface area (Å²) in [6.45, 7) is 3.17. The quantitative estimate of drug-likeness (QED) is 0.364. The van der Waals surface area contributed by atoms with Gasteiger partial charge in [0.15, 0.2) is 0 Å². The van der Waals surface area contributed by atoms with Crippen molar-refractivity contribution in [3.8, 4) is 0 Å². The van der Waals surface area contributed by atoms with Gasteiger partial charge in [0.05, 0.1) is 11.0 Å². The van der Waals surface area contributed by atoms with Gasteiger partial charge in [0, 0.05) is 11.4 Å². The Balaban J connectivity index is 2.54. The Bertz CT molecular complexity index is 553. The Morgan fingerprint density at radius 1 is 1.33 bits per heavy atom. The van der Waals surface area contributed by atoms with Crippen molar-refractivity contribution < 1.29 is 19.5 Å². The second kappa shape index (κ2) is 7.08. The van der Waals surface area contributed by atoms with E-state index >= 15 is 0 Å². The van der Waals surface area contributed by atoms with Crippen LogP contribution in [0.2, 0.25) is 5.02 Å². The molecule has 0 fully saturated rings. The molecule has 21 heavy (non-hydrogen) atoms. The first kappa shape index (κ1) is 17.0. The number of oxime groups is 1. The average molecular weight is 313 g/mol. The molecule has 0 aliphatic rings. The van der Waals surface area contributed by atoms with Gasteiger partial charge in [0.25, 0.3) is 0 Å². The second-order valence-electron chi connectivity index (χ2n) is 5.16. The molecule has 0 spiro atoms. The van der Waals surface area contributed by atoms with Gasteiger partial charge in [0.2, 0.25) is 0 Å². The molecule has 0 amide bonds. The minimum atomic E-state index is -0.923. The predicted octanol–water partition coefficient (Wildman–Crippen LogP) is 2.66. The van der Waals surface area contributed by atoms with Crippen molar-refractivity contribution in [2.75, 3.05) is 0 Å². The van der Waals surface area contributed by atoms with E-state index in [9.17, 15) is 9.59 Å². The van der Waals surface area contributed by atoms with Crippen molar-refractivity contribution in [1.82, 2.24) is 0 Å². The summed E-state index contributed by atoms with van der Waals surface area (Å²) in [7, 11) is 0. The van der Waals surface area contributed by atoms with E-state index in [0.717, 1.165) is 0 Å². The monoisotopic (exact) mass is 312 g/mol. The standard InChI is InChI=1S/C14H17ClN2O4/c1-14(2,13(19)20)8-7-11(16)17-21-12(18)9-3-5-10(15)6-4-9/h3-6H,7-8H2,1-2H3,(H2,16,17)(H,19,20). The molecule has 0 aromatic heterocycles. The van der Waals surface area contributed by atoms with Crippen LogP contribution in [0.15, 0.2) is 29.4 Å². The first-order chi connectivity index (χ1) is 9.72. The molecule has 0 aliphatic carbocycles. The van der Waals surface area contributed by atoms with Gasteiger partial charge in [-0.25, -0.2) is 4.79 Å². The van der Waals surface area contributed by atoms with Crippen LogP contribution in [-0.2, 0) is 9.63 Å². The van der Waals surface area contributed by atoms with Crippen molar-refractivity contribution in [2.24, 2.45) is 16.3 Å². The summed E-state index contributed by atoms with van der Waals surface area (Å²) in [6, 6.07) is 6.12. The molecular weight excluding hydrogens is 296 g/mol. The molecular formula is C14H17ClN2O4. The van der Waals surface area contributed by atoms with Gasteiger partial charge in [-0.05, 0) is 44.5 Å². The smallest absolute Gasteiger partial charge is 0.365 e. The van der Waals surface area contributed by atoms with Crippen molar-refractivity contribution in [3.05, 3.63) is 34.9 Å². The number of benzene rings is 1. The molecule has 1 aromatic carbocycles. The molecule has 0 saturated heterocycles. The third-order valence-corrected chi connectivity index (χ3v) is 3.16. The van der Waals surface area contributed by atoms with Crippen molar-refractivity contribution in [3.63, 3.8) is 0 Å². The predicted molar refractivity (Wildman–Crippen MR) is 79.1 cm³/mol. The van der Waals surface area contributed by atoms with Crippen LogP contribution in [0.5, 0.6) is 0 Å². The molecule has 0 radical (unpaired) electrons. The summed E-state index contributed by atoms with van der Waals surface area (Å²) in [4.78, 5) is 27.3. The van der Waals surface area contributed by atoms with Crippen LogP contribution in [0.1, 0.15) is 37.0 Å². The van der Waals surface area contributed by atoms with E-state index in [1.807, 2.05) is 0 Å². The topological polar surface area (TPSA) is 102 Å². The zero-order chi connectivity index (χ0) is 16.0. The van der Waals surface area contributed by atoms with Crippen molar-refractivity contribution in [2.45, 2.75) is 26.7 Å². The number of nitrogens with zero attached hydrogens (tertiary/aromatic N) is 1. The lowest BCUT2D eigenvalue weighted by molar-refractivity contribution is -0.147. The molecule has 0 bridgehead atoms. The summed E-state index contributed by atoms with van der Waals surface area (Å²) in [5, 5.41) is 13.0. The van der Waals surface area contributed by atoms with Gasteiger partial charge in [-0.1, -0.05) is 16.8 Å². The number of carbonyl (C=O) groups is 2. The maximum atomic E-state index is 11.6. The molecule has 0 atom stereocenters. The van der Waals surface area contributed by atoms with Gasteiger partial charge >= 0.3 is 11.9 Å². The number of rotatable bonds is 6. The number of nitrogens with two attached hydrogens (primary N) is 1. The minimum absolute atomic E-state index is 0.0617. The van der Waals surface area contributed by atoms with Gasteiger partial charge in [-0.15, -0.1) is 0 Å². The van der Waals surface area contributed by atoms with Crippen LogP contribution >= 0.6 is 11.6 Å². The molecule has 0 aliphatic heterocycles. The van der Waals surface area contributed by atoms with E-state index in [1.54, 1.807) is 26.0 Å². The maximum Gasteiger partial charge on any atom is 0.365 e. The number of hydrogen-bond donors (Lipinski definition) is 2. The number of carboxylic acids is 1. The number of carboxylic acid groups (broad SMARTS) is 1. The number of amidine groups is 1. The highest BCUT2D eigenvalue weighted by molar-refractivity contribution is 6.30. The molecule has 3 N–H and O–H groups in total. The van der Waals surface area contributed by atoms with E-state index in [4.69, 9.17) is 22.4 Å². The summed E-state index contributed by atoms with van der Waals surface area (Å²) < 4.78 is 0. The Hall–Kier alpha value is -2.08. The summed E-state index contributed by atoms with van der Waals surface area (Å²) in [6.07, 6.45) is 0.503. The molecule has 7 heteroatoms. The van der Waals surface area contributed by atoms with E-state index in [-0.39, 0.29) is 18.7 Å². The fourth-order valence-electron chi connectivity index (χ4n) is 1.33. The van der Waals surface area contributed by atoms with Gasteiger partial charge in [-0.2, -0.15) is 0 Å². The third-order valence-electron chi connectivity index (χ3n) is 2.91. The van der Waals surface area contributed by atoms with Gasteiger partial charge in [0.1, 0.15) is 5.84 Å². The Labute approximate surface area is 127 Å². The zero-order valence-electron chi connectivity index (χ0n) is 11.8. The van der Waals surface area contributed by atoms with E-state index in [2.05, 4.69) is 9.99 Å². The molecule has 1 rings (SSSR count). The van der Waals surface area contributed by atoms with Crippen LogP contribution in [0.4, 0.5) is 0 Å². The Morgan fingerprint density at radius 3 is 2.43 bits per heavy atom. The Kier molecular flexibility index (Phi) is 5.72. The van der Waals surface area contributed by atoms with Crippen LogP contribution in [-0.4, -0.2) is 22.9 Å². The first-order valence-corrected chi connectivity index (χ1v) is 6.63. The highest BCUT2D eigenvalue weighted by Gasteiger charge is 2.26. The lowest BCUT2D eigenvalue weighted by Gasteiger charge is -2.17. The van der Waals surface area contributed by atoms with Crippen LogP contribution < -0.4 is 5.73 Å². The highest BCUT2D eigenvalue weighted by Crippen LogP contribution is 2.22. The van der Waals surface area contributed by atoms with Crippen LogP contribution in [0.3, 0.4) is 0 Å². The van der Waals surface area contributed by atoms with Gasteiger partial charge in [-0.3, -0.25) is 4.79 Å². The minimum Gasteiger partial charge on any atom is -0.481 e. The molecule has 0 heterocycles. The number of halogens is 1. The fourth-order valence-corrected chi connectivity index (χ4v) is 1.46. The van der Waals surface area contributed by atoms with Gasteiger partial charge < -0.3 is 15.7 Å². The first-order valence-electron chi connectivity index (χ1n) is 6.25. The Morgan fingerprint density at radius 2 is 1.90 bits per heavy atom. The second-order valence-corrected chi connectivity index (χ2v) is 5.59. The average Bonchev–Trinajstić information content (AvgIpc) is 2.43. The summed E-state index contributed by atoms with van der Waals surface area (Å²) in [5.41, 5.74) is 4.97. The van der Waals surface area contributed by atoms with E-state index in [0.29, 0.717) is 10.6 Å². The van der Waals surface area contributed by atoms with E-state index < -0.39 is 17.4 Å². The van der Waals surface area contributed by atoms with Crippen LogP contribution in [0, 0.1) is 5.41 Å². The fraction of sp³-hybridized carbons (Fsp3) is 0.357. The van der Waals surface area contributed by atoms with Crippen molar-refractivity contribution >= 4 is 29.4 Å². The van der Waals surface area contributed by atoms with Crippen LogP contribution in [0.25, 0.3) is 0 Å². The molecule has 0 unspecified atom stereocenters. The molecule has 6 nitrogen and oxygen atoms in total. The zero-order valence-corrected chi connectivity index (χ0v) is 12.6. The van der Waals surface area contributed by atoms with Crippen molar-refractivity contribution in [1.29, 1.82) is 0 Å². The van der Waals surface area contributed by atoms with E-state index in [1.165, 1.54) is 12.1 Å².